The first-order valence-corrected chi connectivity index (χ1v) is 33.8. The van der Waals surface area contributed by atoms with Crippen LogP contribution in [-0.2, 0) is 32.7 Å². The van der Waals surface area contributed by atoms with Gasteiger partial charge >= 0.3 is 19.8 Å². The van der Waals surface area contributed by atoms with Gasteiger partial charge in [0.15, 0.2) is 6.10 Å². The van der Waals surface area contributed by atoms with E-state index in [0.29, 0.717) is 12.8 Å². The van der Waals surface area contributed by atoms with Gasteiger partial charge in [0.1, 0.15) is 6.61 Å². The number of unbranched alkanes of at least 4 members (excludes halogenated alkanes) is 15. The third-order valence-electron chi connectivity index (χ3n) is 12.8. The Labute approximate surface area is 507 Å². The summed E-state index contributed by atoms with van der Waals surface area (Å²) in [5.41, 5.74) is 5.39. The predicted molar refractivity (Wildman–Crippen MR) is 357 cm³/mol. The van der Waals surface area contributed by atoms with Crippen molar-refractivity contribution in [2.45, 2.75) is 238 Å². The molecule has 0 rings (SSSR count). The van der Waals surface area contributed by atoms with Crippen LogP contribution in [0.4, 0.5) is 0 Å². The molecule has 3 N–H and O–H groups in total. The summed E-state index contributed by atoms with van der Waals surface area (Å²) in [4.78, 5) is 35.3. The molecule has 0 aliphatic rings. The van der Waals surface area contributed by atoms with E-state index in [9.17, 15) is 19.0 Å². The van der Waals surface area contributed by atoms with Gasteiger partial charge in [-0.2, -0.15) is 0 Å². The van der Waals surface area contributed by atoms with Crippen molar-refractivity contribution >= 4 is 19.8 Å². The van der Waals surface area contributed by atoms with E-state index < -0.39 is 32.5 Å². The molecule has 2 unspecified atom stereocenters. The Balaban J connectivity index is 4.06. The number of ether oxygens (including phenoxy) is 2. The highest BCUT2D eigenvalue weighted by Gasteiger charge is 2.26. The predicted octanol–water partition coefficient (Wildman–Crippen LogP) is 21.2. The molecule has 0 fully saturated rings. The van der Waals surface area contributed by atoms with E-state index in [1.54, 1.807) is 0 Å². The van der Waals surface area contributed by atoms with Gasteiger partial charge in [0.05, 0.1) is 13.2 Å². The van der Waals surface area contributed by atoms with Crippen molar-refractivity contribution < 1.29 is 37.6 Å². The van der Waals surface area contributed by atoms with Gasteiger partial charge in [-0.25, -0.2) is 4.57 Å². The number of phosphoric acid groups is 1. The lowest BCUT2D eigenvalue weighted by Crippen LogP contribution is -2.29. The van der Waals surface area contributed by atoms with Gasteiger partial charge in [0.25, 0.3) is 0 Å². The molecule has 0 saturated heterocycles. The fourth-order valence-electron chi connectivity index (χ4n) is 8.10. The minimum absolute atomic E-state index is 0.0399. The second kappa shape index (κ2) is 66.3. The molecule has 0 aromatic rings. The maximum atomic E-state index is 12.7. The summed E-state index contributed by atoms with van der Waals surface area (Å²) >= 11 is 0. The Kier molecular flexibility index (Phi) is 62.3. The van der Waals surface area contributed by atoms with Crippen molar-refractivity contribution in [2.75, 3.05) is 26.4 Å². The van der Waals surface area contributed by atoms with Crippen LogP contribution in [-0.4, -0.2) is 49.3 Å². The van der Waals surface area contributed by atoms with Crippen LogP contribution in [0.25, 0.3) is 0 Å². The minimum atomic E-state index is -4.41. The van der Waals surface area contributed by atoms with Gasteiger partial charge in [-0.05, 0) is 135 Å². The van der Waals surface area contributed by atoms with Gasteiger partial charge in [-0.3, -0.25) is 18.6 Å². The molecule has 83 heavy (non-hydrogen) atoms. The molecule has 9 nitrogen and oxygen atoms in total. The van der Waals surface area contributed by atoms with E-state index in [2.05, 4.69) is 196 Å². The number of allylic oxidation sites excluding steroid dienone is 30. The van der Waals surface area contributed by atoms with E-state index in [4.69, 9.17) is 24.3 Å². The molecule has 10 heteroatoms. The first-order chi connectivity index (χ1) is 40.8. The lowest BCUT2D eigenvalue weighted by molar-refractivity contribution is -0.161. The topological polar surface area (TPSA) is 134 Å². The maximum Gasteiger partial charge on any atom is 0.472 e. The minimum Gasteiger partial charge on any atom is -0.462 e. The van der Waals surface area contributed by atoms with Gasteiger partial charge in [0, 0.05) is 19.4 Å². The Bertz CT molecular complexity index is 2010. The number of rotatable bonds is 58. The summed E-state index contributed by atoms with van der Waals surface area (Å²) in [6.07, 6.45) is 99.5. The average Bonchev–Trinajstić information content (AvgIpc) is 3.48. The van der Waals surface area contributed by atoms with Gasteiger partial charge in [0.2, 0.25) is 0 Å². The van der Waals surface area contributed by atoms with Crippen molar-refractivity contribution in [3.8, 4) is 0 Å². The summed E-state index contributed by atoms with van der Waals surface area (Å²) in [5, 5.41) is 0. The lowest BCUT2D eigenvalue weighted by Gasteiger charge is -2.19. The zero-order chi connectivity index (χ0) is 60.1. The number of carbonyl (C=O) groups excluding carboxylic acids is 2. The second-order valence-corrected chi connectivity index (χ2v) is 22.0. The van der Waals surface area contributed by atoms with Crippen LogP contribution >= 0.6 is 7.82 Å². The van der Waals surface area contributed by atoms with E-state index in [1.165, 1.54) is 38.5 Å². The number of nitrogens with two attached hydrogens (primary N) is 1. The molecule has 0 spiro atoms. The standard InChI is InChI=1S/C73H116NO8P/c1-3-5-7-9-11-13-15-17-19-21-23-25-27-29-31-32-33-34-35-36-37-38-40-42-44-46-48-50-52-54-56-58-60-62-64-66-73(76)82-71(70-81-83(77,78)80-68-67-74)69-79-72(75)65-63-61-59-57-55-53-51-49-47-45-43-41-39-30-28-26-24-22-20-18-16-14-12-10-8-6-4-2/h5-8,11-14,17-20,23-26,29-31,33-34,36-37,39-40,42-43,45-46,48,71H,3-4,9-10,15-16,21-22,27-28,32,35,38,41,44,47,49-70,74H2,1-2H3,(H,77,78)/b7-5-,8-6-,13-11-,14-12-,19-17-,20-18-,25-23-,26-24-,31-29-,34-33-,37-36-,39-30-,42-40-,45-43-,48-46-. The smallest absolute Gasteiger partial charge is 0.462 e. The number of phosphoric ester groups is 1. The van der Waals surface area contributed by atoms with Crippen LogP contribution in [0.1, 0.15) is 232 Å². The molecular formula is C73H116NO8P. The molecule has 2 atom stereocenters. The molecule has 0 heterocycles. The van der Waals surface area contributed by atoms with Gasteiger partial charge in [-0.1, -0.05) is 267 Å². The first kappa shape index (κ1) is 78.1. The van der Waals surface area contributed by atoms with Crippen molar-refractivity contribution in [3.05, 3.63) is 182 Å². The fraction of sp³-hybridized carbons (Fsp3) is 0.562. The molecule has 0 aromatic heterocycles. The van der Waals surface area contributed by atoms with Crippen LogP contribution in [0.2, 0.25) is 0 Å². The van der Waals surface area contributed by atoms with Crippen LogP contribution in [0, 0.1) is 0 Å². The molecule has 466 valence electrons. The first-order valence-electron chi connectivity index (χ1n) is 32.3. The molecule has 0 bridgehead atoms. The van der Waals surface area contributed by atoms with E-state index in [1.807, 2.05) is 0 Å². The van der Waals surface area contributed by atoms with Crippen LogP contribution in [0.15, 0.2) is 182 Å². The molecule has 0 saturated carbocycles. The summed E-state index contributed by atoms with van der Waals surface area (Å²) in [6.45, 7) is 3.47. The highest BCUT2D eigenvalue weighted by atomic mass is 31.2. The number of carbonyl (C=O) groups is 2. The number of hydrogen-bond acceptors (Lipinski definition) is 8. The van der Waals surface area contributed by atoms with E-state index in [-0.39, 0.29) is 32.6 Å². The van der Waals surface area contributed by atoms with Crippen LogP contribution in [0.5, 0.6) is 0 Å². The summed E-state index contributed by atoms with van der Waals surface area (Å²) in [5.74, 6) is -0.864. The zero-order valence-electron chi connectivity index (χ0n) is 52.1. The van der Waals surface area contributed by atoms with Gasteiger partial charge < -0.3 is 20.1 Å². The summed E-state index contributed by atoms with van der Waals surface area (Å²) < 4.78 is 33.1. The summed E-state index contributed by atoms with van der Waals surface area (Å²) in [6, 6.07) is 0. The van der Waals surface area contributed by atoms with Crippen molar-refractivity contribution in [2.24, 2.45) is 5.73 Å². The zero-order valence-corrected chi connectivity index (χ0v) is 53.0. The maximum absolute atomic E-state index is 12.7. The fourth-order valence-corrected chi connectivity index (χ4v) is 8.87. The monoisotopic (exact) mass is 1170 g/mol. The second-order valence-electron chi connectivity index (χ2n) is 20.5. The lowest BCUT2D eigenvalue weighted by atomic mass is 10.1. The quantitative estimate of drug-likeness (QED) is 0.0264. The third kappa shape index (κ3) is 66.1. The SMILES string of the molecule is CC/C=C\C/C=C\C/C=C\C/C=C\C/C=C\C/C=C\C/C=C\C/C=C\C/C=C\CCCCCCCCCC(=O)OC(COC(=O)CCCCCCCCCC/C=C\C/C=C\C/C=C\C/C=C\C/C=C\C/C=C\CC)COP(=O)(O)OCCN. The largest absolute Gasteiger partial charge is 0.472 e. The Morgan fingerprint density at radius 1 is 0.361 bits per heavy atom. The molecule has 0 aromatic carbocycles. The van der Waals surface area contributed by atoms with Crippen LogP contribution < -0.4 is 5.73 Å². The summed E-state index contributed by atoms with van der Waals surface area (Å²) in [7, 11) is -4.41. The van der Waals surface area contributed by atoms with Gasteiger partial charge in [-0.15, -0.1) is 0 Å². The van der Waals surface area contributed by atoms with E-state index >= 15 is 0 Å². The molecule has 0 aliphatic heterocycles. The number of esters is 2. The average molecular weight is 1170 g/mol. The normalized spacial score (nSPS) is 14.2. The van der Waals surface area contributed by atoms with Crippen molar-refractivity contribution in [3.63, 3.8) is 0 Å². The van der Waals surface area contributed by atoms with E-state index in [0.717, 1.165) is 154 Å². The highest BCUT2D eigenvalue weighted by Crippen LogP contribution is 2.43. The van der Waals surface area contributed by atoms with Crippen LogP contribution in [0.3, 0.4) is 0 Å². The Morgan fingerprint density at radius 3 is 0.928 bits per heavy atom. The van der Waals surface area contributed by atoms with Crippen molar-refractivity contribution in [1.82, 2.24) is 0 Å². The highest BCUT2D eigenvalue weighted by molar-refractivity contribution is 7.47. The Hall–Kier alpha value is -4.89. The molecule has 0 aliphatic carbocycles. The molecule has 0 radical (unpaired) electrons. The molecule has 0 amide bonds. The number of hydrogen-bond donors (Lipinski definition) is 2. The third-order valence-corrected chi connectivity index (χ3v) is 13.8. The van der Waals surface area contributed by atoms with Crippen molar-refractivity contribution in [1.29, 1.82) is 0 Å². The Morgan fingerprint density at radius 2 is 0.627 bits per heavy atom. The molecular weight excluding hydrogens is 1050 g/mol.